The first-order chi connectivity index (χ1) is 6.51. The zero-order chi connectivity index (χ0) is 11.1. The number of amidine groups is 1. The van der Waals surface area contributed by atoms with Crippen molar-refractivity contribution in [2.75, 3.05) is 13.6 Å². The van der Waals surface area contributed by atoms with Crippen molar-refractivity contribution in [3.05, 3.63) is 0 Å². The maximum Gasteiger partial charge on any atom is 0.140 e. The Kier molecular flexibility index (Phi) is 6.23. The molecular weight excluding hydrogens is 182 g/mol. The van der Waals surface area contributed by atoms with E-state index in [1.807, 2.05) is 18.9 Å². The van der Waals surface area contributed by atoms with Gasteiger partial charge in [-0.15, -0.1) is 0 Å². The first-order valence-corrected chi connectivity index (χ1v) is 4.85. The predicted molar refractivity (Wildman–Crippen MR) is 56.4 cm³/mol. The molecule has 0 aliphatic heterocycles. The average Bonchev–Trinajstić information content (AvgIpc) is 2.12. The van der Waals surface area contributed by atoms with Gasteiger partial charge in [-0.3, -0.25) is 0 Å². The molecule has 0 aliphatic rings. The molecule has 2 atom stereocenters. The van der Waals surface area contributed by atoms with Crippen LogP contribution in [0.4, 0.5) is 0 Å². The van der Waals surface area contributed by atoms with Crippen molar-refractivity contribution in [2.45, 2.75) is 38.8 Å². The van der Waals surface area contributed by atoms with Gasteiger partial charge in [0.15, 0.2) is 0 Å². The number of nitrogens with two attached hydrogens (primary N) is 1. The lowest BCUT2D eigenvalue weighted by atomic mass is 10.1. The molecule has 84 valence electrons. The highest BCUT2D eigenvalue weighted by Gasteiger charge is 2.15. The topological polar surface area (TPSA) is 82.1 Å². The smallest absolute Gasteiger partial charge is 0.140 e. The average molecular weight is 203 g/mol. The van der Waals surface area contributed by atoms with E-state index in [9.17, 15) is 5.11 Å². The number of oxime groups is 1. The Hall–Kier alpha value is -0.810. The minimum Gasteiger partial charge on any atom is -0.409 e. The van der Waals surface area contributed by atoms with E-state index in [-0.39, 0.29) is 18.0 Å². The van der Waals surface area contributed by atoms with Crippen LogP contribution in [0.1, 0.15) is 26.7 Å². The second-order valence-electron chi connectivity index (χ2n) is 3.65. The van der Waals surface area contributed by atoms with Crippen LogP contribution in [0, 0.1) is 0 Å². The van der Waals surface area contributed by atoms with Crippen molar-refractivity contribution in [2.24, 2.45) is 10.9 Å². The molecule has 0 rings (SSSR count). The molecule has 0 aliphatic carbocycles. The van der Waals surface area contributed by atoms with Gasteiger partial charge in [-0.2, -0.15) is 0 Å². The van der Waals surface area contributed by atoms with Gasteiger partial charge in [0.2, 0.25) is 0 Å². The molecule has 5 nitrogen and oxygen atoms in total. The van der Waals surface area contributed by atoms with Crippen LogP contribution in [-0.4, -0.2) is 46.8 Å². The maximum atomic E-state index is 9.21. The Morgan fingerprint density at radius 2 is 2.14 bits per heavy atom. The van der Waals surface area contributed by atoms with Crippen LogP contribution in [0.3, 0.4) is 0 Å². The molecule has 0 aromatic rings. The van der Waals surface area contributed by atoms with Gasteiger partial charge in [-0.05, 0) is 20.4 Å². The third-order valence-corrected chi connectivity index (χ3v) is 2.22. The van der Waals surface area contributed by atoms with E-state index >= 15 is 0 Å². The fourth-order valence-corrected chi connectivity index (χ4v) is 1.46. The summed E-state index contributed by atoms with van der Waals surface area (Å²) >= 11 is 0. The van der Waals surface area contributed by atoms with E-state index < -0.39 is 0 Å². The standard InChI is InChI=1S/C9H21N3O2/c1-4-8(5-9(10)11-14)12(3)6-7(2)13/h7-8,13-14H,4-6H2,1-3H3,(H2,10,11). The SMILES string of the molecule is CCC(CC(N)=NO)N(C)CC(C)O. The highest BCUT2D eigenvalue weighted by Crippen LogP contribution is 2.07. The quantitative estimate of drug-likeness (QED) is 0.249. The van der Waals surface area contributed by atoms with Crippen molar-refractivity contribution < 1.29 is 10.3 Å². The van der Waals surface area contributed by atoms with Crippen molar-refractivity contribution in [1.29, 1.82) is 0 Å². The molecule has 0 spiro atoms. The van der Waals surface area contributed by atoms with E-state index in [4.69, 9.17) is 10.9 Å². The second kappa shape index (κ2) is 6.62. The van der Waals surface area contributed by atoms with Gasteiger partial charge in [-0.25, -0.2) is 0 Å². The number of rotatable bonds is 6. The summed E-state index contributed by atoms with van der Waals surface area (Å²) in [6.45, 7) is 4.37. The molecule has 5 heteroatoms. The largest absolute Gasteiger partial charge is 0.409 e. The lowest BCUT2D eigenvalue weighted by Crippen LogP contribution is -2.38. The Balaban J connectivity index is 4.11. The van der Waals surface area contributed by atoms with Crippen molar-refractivity contribution in [3.63, 3.8) is 0 Å². The Morgan fingerprint density at radius 3 is 2.50 bits per heavy atom. The van der Waals surface area contributed by atoms with E-state index in [0.29, 0.717) is 13.0 Å². The van der Waals surface area contributed by atoms with Gasteiger partial charge < -0.3 is 20.9 Å². The molecule has 0 amide bonds. The van der Waals surface area contributed by atoms with Crippen LogP contribution < -0.4 is 5.73 Å². The molecule has 4 N–H and O–H groups in total. The molecule has 2 unspecified atom stereocenters. The minimum absolute atomic E-state index is 0.209. The molecule has 0 radical (unpaired) electrons. The number of likely N-dealkylation sites (N-methyl/N-ethyl adjacent to an activating group) is 1. The zero-order valence-electron chi connectivity index (χ0n) is 9.14. The molecular formula is C9H21N3O2. The fraction of sp³-hybridized carbons (Fsp3) is 0.889. The molecule has 0 heterocycles. The zero-order valence-corrected chi connectivity index (χ0v) is 9.14. The summed E-state index contributed by atoms with van der Waals surface area (Å²) in [4.78, 5) is 2.02. The Bertz CT molecular complexity index is 183. The van der Waals surface area contributed by atoms with Gasteiger partial charge >= 0.3 is 0 Å². The third kappa shape index (κ3) is 5.04. The molecule has 0 fully saturated rings. The van der Waals surface area contributed by atoms with E-state index in [1.54, 1.807) is 6.92 Å². The lowest BCUT2D eigenvalue weighted by Gasteiger charge is -2.27. The minimum atomic E-state index is -0.360. The lowest BCUT2D eigenvalue weighted by molar-refractivity contribution is 0.117. The van der Waals surface area contributed by atoms with Crippen LogP contribution in [0.2, 0.25) is 0 Å². The third-order valence-electron chi connectivity index (χ3n) is 2.22. The van der Waals surface area contributed by atoms with Crippen LogP contribution >= 0.6 is 0 Å². The second-order valence-corrected chi connectivity index (χ2v) is 3.65. The van der Waals surface area contributed by atoms with Crippen molar-refractivity contribution >= 4 is 5.84 Å². The summed E-state index contributed by atoms with van der Waals surface area (Å²) < 4.78 is 0. The number of nitrogens with zero attached hydrogens (tertiary/aromatic N) is 2. The number of hydrogen-bond acceptors (Lipinski definition) is 4. The highest BCUT2D eigenvalue weighted by molar-refractivity contribution is 5.80. The van der Waals surface area contributed by atoms with Crippen LogP contribution in [0.25, 0.3) is 0 Å². The predicted octanol–water partition coefficient (Wildman–Crippen LogP) is 0.214. The van der Waals surface area contributed by atoms with Gasteiger partial charge in [0.25, 0.3) is 0 Å². The Morgan fingerprint density at radius 1 is 1.57 bits per heavy atom. The summed E-state index contributed by atoms with van der Waals surface area (Å²) in [5.74, 6) is 0.231. The summed E-state index contributed by atoms with van der Waals surface area (Å²) in [6.07, 6.45) is 1.07. The highest BCUT2D eigenvalue weighted by atomic mass is 16.4. The molecule has 0 saturated carbocycles. The van der Waals surface area contributed by atoms with Gasteiger partial charge in [0, 0.05) is 19.0 Å². The molecule has 0 aromatic heterocycles. The normalized spacial score (nSPS) is 17.1. The number of aliphatic hydroxyl groups excluding tert-OH is 1. The maximum absolute atomic E-state index is 9.21. The number of aliphatic hydroxyl groups is 1. The fourth-order valence-electron chi connectivity index (χ4n) is 1.46. The molecule has 0 saturated heterocycles. The molecule has 14 heavy (non-hydrogen) atoms. The Labute approximate surface area is 85.2 Å². The summed E-state index contributed by atoms with van der Waals surface area (Å²) in [5, 5.41) is 20.6. The van der Waals surface area contributed by atoms with Crippen LogP contribution in [0.5, 0.6) is 0 Å². The first-order valence-electron chi connectivity index (χ1n) is 4.85. The van der Waals surface area contributed by atoms with Gasteiger partial charge in [0.05, 0.1) is 6.10 Å². The summed E-state index contributed by atoms with van der Waals surface area (Å²) in [6, 6.07) is 0.209. The van der Waals surface area contributed by atoms with E-state index in [0.717, 1.165) is 6.42 Å². The molecule has 0 bridgehead atoms. The van der Waals surface area contributed by atoms with Crippen molar-refractivity contribution in [3.8, 4) is 0 Å². The van der Waals surface area contributed by atoms with Crippen LogP contribution in [-0.2, 0) is 0 Å². The summed E-state index contributed by atoms with van der Waals surface area (Å²) in [7, 11) is 1.92. The van der Waals surface area contributed by atoms with E-state index in [2.05, 4.69) is 5.16 Å². The summed E-state index contributed by atoms with van der Waals surface area (Å²) in [5.41, 5.74) is 5.43. The van der Waals surface area contributed by atoms with Crippen LogP contribution in [0.15, 0.2) is 5.16 Å². The number of hydrogen-bond donors (Lipinski definition) is 3. The van der Waals surface area contributed by atoms with Gasteiger partial charge in [-0.1, -0.05) is 12.1 Å². The van der Waals surface area contributed by atoms with Crippen molar-refractivity contribution in [1.82, 2.24) is 4.90 Å². The van der Waals surface area contributed by atoms with E-state index in [1.165, 1.54) is 0 Å². The first kappa shape index (κ1) is 13.2. The van der Waals surface area contributed by atoms with Gasteiger partial charge in [0.1, 0.15) is 5.84 Å². The monoisotopic (exact) mass is 203 g/mol. The molecule has 0 aromatic carbocycles.